The van der Waals surface area contributed by atoms with Crippen LogP contribution >= 0.6 is 23.4 Å². The van der Waals surface area contributed by atoms with Crippen LogP contribution in [-0.2, 0) is 4.79 Å². The number of carbonyl (C=O) groups excluding carboxylic acids is 1. The molecule has 23 heavy (non-hydrogen) atoms. The van der Waals surface area contributed by atoms with Crippen molar-refractivity contribution in [1.82, 2.24) is 0 Å². The van der Waals surface area contributed by atoms with E-state index in [0.717, 1.165) is 54.7 Å². The molecule has 1 aromatic carbocycles. The van der Waals surface area contributed by atoms with Gasteiger partial charge in [0.15, 0.2) is 5.82 Å². The lowest BCUT2D eigenvalue weighted by molar-refractivity contribution is -0.107. The SMILES string of the molecule is C=C(C)Oc1cc(N=C2SC(=O)C3=C2CCCC3)c(F)cc1Cl. The lowest BCUT2D eigenvalue weighted by Gasteiger charge is -2.12. The zero-order valence-electron chi connectivity index (χ0n) is 12.6. The van der Waals surface area contributed by atoms with Crippen molar-refractivity contribution in [1.29, 1.82) is 0 Å². The van der Waals surface area contributed by atoms with Gasteiger partial charge in [-0.3, -0.25) is 4.79 Å². The highest BCUT2D eigenvalue weighted by Gasteiger charge is 2.31. The molecule has 1 aliphatic heterocycles. The lowest BCUT2D eigenvalue weighted by Crippen LogP contribution is -2.02. The summed E-state index contributed by atoms with van der Waals surface area (Å²) in [6, 6.07) is 2.60. The van der Waals surface area contributed by atoms with Gasteiger partial charge in [-0.15, -0.1) is 0 Å². The molecule has 0 N–H and O–H groups in total. The van der Waals surface area contributed by atoms with Gasteiger partial charge in [-0.1, -0.05) is 18.2 Å². The van der Waals surface area contributed by atoms with E-state index in [2.05, 4.69) is 11.6 Å². The maximum Gasteiger partial charge on any atom is 0.221 e. The summed E-state index contributed by atoms with van der Waals surface area (Å²) >= 11 is 7.05. The fraction of sp³-hybridized carbons (Fsp3) is 0.294. The van der Waals surface area contributed by atoms with E-state index in [1.54, 1.807) is 6.92 Å². The van der Waals surface area contributed by atoms with Gasteiger partial charge < -0.3 is 4.74 Å². The molecule has 0 unspecified atom stereocenters. The van der Waals surface area contributed by atoms with Gasteiger partial charge in [-0.2, -0.15) is 0 Å². The van der Waals surface area contributed by atoms with Gasteiger partial charge in [-0.05, 0) is 56.0 Å². The van der Waals surface area contributed by atoms with Crippen molar-refractivity contribution in [2.45, 2.75) is 32.6 Å². The molecule has 6 heteroatoms. The Morgan fingerprint density at radius 1 is 1.35 bits per heavy atom. The molecule has 1 heterocycles. The van der Waals surface area contributed by atoms with Crippen LogP contribution in [0.5, 0.6) is 5.75 Å². The number of hydrogen-bond donors (Lipinski definition) is 0. The first kappa shape index (κ1) is 16.3. The highest BCUT2D eigenvalue weighted by atomic mass is 35.5. The van der Waals surface area contributed by atoms with Gasteiger partial charge >= 0.3 is 0 Å². The molecule has 0 aromatic heterocycles. The molecule has 0 saturated carbocycles. The Labute approximate surface area is 143 Å². The number of halogens is 2. The van der Waals surface area contributed by atoms with Gasteiger partial charge in [-0.25, -0.2) is 9.38 Å². The van der Waals surface area contributed by atoms with Crippen LogP contribution in [0.1, 0.15) is 32.6 Å². The minimum absolute atomic E-state index is 0.0335. The predicted molar refractivity (Wildman–Crippen MR) is 92.0 cm³/mol. The standard InChI is InChI=1S/C17H15ClFNO2S/c1-9(2)22-15-8-14(13(19)7-12(15)18)20-16-10-5-3-4-6-11(10)17(21)23-16/h7-8H,1,3-6H2,2H3. The van der Waals surface area contributed by atoms with Crippen LogP contribution in [0.3, 0.4) is 0 Å². The van der Waals surface area contributed by atoms with E-state index in [9.17, 15) is 9.18 Å². The molecule has 0 spiro atoms. The van der Waals surface area contributed by atoms with Crippen molar-refractivity contribution in [3.05, 3.63) is 46.5 Å². The molecule has 0 bridgehead atoms. The van der Waals surface area contributed by atoms with E-state index in [-0.39, 0.29) is 15.8 Å². The molecular weight excluding hydrogens is 337 g/mol. The monoisotopic (exact) mass is 351 g/mol. The van der Waals surface area contributed by atoms with Crippen LogP contribution in [0, 0.1) is 5.82 Å². The fourth-order valence-corrected chi connectivity index (χ4v) is 3.85. The smallest absolute Gasteiger partial charge is 0.221 e. The van der Waals surface area contributed by atoms with Crippen LogP contribution in [0.4, 0.5) is 10.1 Å². The normalized spacial score (nSPS) is 19.3. The minimum atomic E-state index is -0.547. The number of nitrogens with zero attached hydrogens (tertiary/aromatic N) is 1. The summed E-state index contributed by atoms with van der Waals surface area (Å²) in [5.74, 6) is 0.196. The molecule has 0 fully saturated rings. The van der Waals surface area contributed by atoms with E-state index in [1.807, 2.05) is 0 Å². The topological polar surface area (TPSA) is 38.7 Å². The Kier molecular flexibility index (Phi) is 4.60. The Morgan fingerprint density at radius 2 is 2.04 bits per heavy atom. The highest BCUT2D eigenvalue weighted by Crippen LogP contribution is 2.41. The quantitative estimate of drug-likeness (QED) is 0.668. The van der Waals surface area contributed by atoms with E-state index in [4.69, 9.17) is 16.3 Å². The molecule has 0 saturated heterocycles. The summed E-state index contributed by atoms with van der Waals surface area (Å²) in [7, 11) is 0. The number of hydrogen-bond acceptors (Lipinski definition) is 4. The van der Waals surface area contributed by atoms with Crippen molar-refractivity contribution < 1.29 is 13.9 Å². The van der Waals surface area contributed by atoms with E-state index in [1.165, 1.54) is 6.07 Å². The van der Waals surface area contributed by atoms with Gasteiger partial charge in [0, 0.05) is 11.6 Å². The third kappa shape index (κ3) is 3.35. The summed E-state index contributed by atoms with van der Waals surface area (Å²) in [6.07, 6.45) is 3.65. The minimum Gasteiger partial charge on any atom is -0.461 e. The number of rotatable bonds is 3. The van der Waals surface area contributed by atoms with Crippen LogP contribution in [-0.4, -0.2) is 10.2 Å². The number of thioether (sulfide) groups is 1. The van der Waals surface area contributed by atoms with Crippen molar-refractivity contribution in [3.63, 3.8) is 0 Å². The molecule has 120 valence electrons. The van der Waals surface area contributed by atoms with Crippen molar-refractivity contribution in [2.75, 3.05) is 0 Å². The Hall–Kier alpha value is -1.59. The van der Waals surface area contributed by atoms with Gasteiger partial charge in [0.1, 0.15) is 16.5 Å². The third-order valence-corrected chi connectivity index (χ3v) is 4.93. The maximum absolute atomic E-state index is 14.2. The Morgan fingerprint density at radius 3 is 2.74 bits per heavy atom. The second kappa shape index (κ2) is 6.49. The lowest BCUT2D eigenvalue weighted by atomic mass is 9.93. The second-order valence-electron chi connectivity index (χ2n) is 5.51. The third-order valence-electron chi connectivity index (χ3n) is 3.67. The Balaban J connectivity index is 2.01. The van der Waals surface area contributed by atoms with E-state index >= 15 is 0 Å². The summed E-state index contributed by atoms with van der Waals surface area (Å²) in [6.45, 7) is 5.32. The van der Waals surface area contributed by atoms with Crippen LogP contribution in [0.25, 0.3) is 0 Å². The summed E-state index contributed by atoms with van der Waals surface area (Å²) < 4.78 is 19.5. The molecule has 2 aliphatic rings. The summed E-state index contributed by atoms with van der Waals surface area (Å²) in [5.41, 5.74) is 1.91. The number of carbonyl (C=O) groups is 1. The number of benzene rings is 1. The molecule has 0 amide bonds. The van der Waals surface area contributed by atoms with Crippen LogP contribution in [0.2, 0.25) is 5.02 Å². The van der Waals surface area contributed by atoms with Gasteiger partial charge in [0.05, 0.1) is 10.8 Å². The van der Waals surface area contributed by atoms with Gasteiger partial charge in [0.25, 0.3) is 0 Å². The molecule has 1 aromatic rings. The Bertz CT molecular complexity index is 770. The highest BCUT2D eigenvalue weighted by molar-refractivity contribution is 8.27. The van der Waals surface area contributed by atoms with Crippen molar-refractivity contribution in [3.8, 4) is 5.75 Å². The van der Waals surface area contributed by atoms with E-state index in [0.29, 0.717) is 16.6 Å². The average Bonchev–Trinajstić information content (AvgIpc) is 2.81. The molecule has 3 nitrogen and oxygen atoms in total. The van der Waals surface area contributed by atoms with Crippen molar-refractivity contribution >= 4 is 39.2 Å². The first-order valence-corrected chi connectivity index (χ1v) is 8.51. The second-order valence-corrected chi connectivity index (χ2v) is 6.88. The summed E-state index contributed by atoms with van der Waals surface area (Å²) in [5, 5.41) is 0.778. The van der Waals surface area contributed by atoms with Crippen LogP contribution < -0.4 is 4.74 Å². The van der Waals surface area contributed by atoms with Gasteiger partial charge in [0.2, 0.25) is 5.12 Å². The van der Waals surface area contributed by atoms with E-state index < -0.39 is 5.82 Å². The fourth-order valence-electron chi connectivity index (χ4n) is 2.65. The molecule has 1 aliphatic carbocycles. The number of ether oxygens (including phenoxy) is 1. The zero-order valence-corrected chi connectivity index (χ0v) is 14.2. The predicted octanol–water partition coefficient (Wildman–Crippen LogP) is 5.57. The summed E-state index contributed by atoms with van der Waals surface area (Å²) in [4.78, 5) is 16.4. The van der Waals surface area contributed by atoms with Crippen LogP contribution in [0.15, 0.2) is 40.6 Å². The molecular formula is C17H15ClFNO2S. The number of allylic oxidation sites excluding steroid dienone is 1. The van der Waals surface area contributed by atoms with Crippen molar-refractivity contribution in [2.24, 2.45) is 4.99 Å². The zero-order chi connectivity index (χ0) is 16.6. The first-order chi connectivity index (χ1) is 11.0. The maximum atomic E-state index is 14.2. The molecule has 3 rings (SSSR count). The first-order valence-electron chi connectivity index (χ1n) is 7.31. The largest absolute Gasteiger partial charge is 0.461 e. The molecule has 0 radical (unpaired) electrons. The molecule has 0 atom stereocenters. The number of aliphatic imine (C=N–C) groups is 1. The average molecular weight is 352 g/mol.